The van der Waals surface area contributed by atoms with E-state index < -0.39 is 11.8 Å². The van der Waals surface area contributed by atoms with Gasteiger partial charge in [0, 0.05) is 49.4 Å². The molecule has 2 aliphatic rings. The Balaban J connectivity index is 1.08. The van der Waals surface area contributed by atoms with Crippen LogP contribution in [-0.2, 0) is 14.4 Å². The minimum atomic E-state index is -0.752. The minimum Gasteiger partial charge on any atom is -0.451 e. The number of fused-ring (bicyclic) bond motifs is 1. The third kappa shape index (κ3) is 5.10. The van der Waals surface area contributed by atoms with Crippen molar-refractivity contribution in [2.45, 2.75) is 25.7 Å². The first-order valence-corrected chi connectivity index (χ1v) is 12.3. The summed E-state index contributed by atoms with van der Waals surface area (Å²) in [6, 6.07) is 16.2. The highest BCUT2D eigenvalue weighted by atomic mass is 16.3. The van der Waals surface area contributed by atoms with Gasteiger partial charge in [0.25, 0.3) is 5.91 Å². The number of piperidine rings is 1. The zero-order valence-electron chi connectivity index (χ0n) is 19.9. The summed E-state index contributed by atoms with van der Waals surface area (Å²) < 4.78 is 5.69. The second-order valence-electron chi connectivity index (χ2n) is 9.25. The fourth-order valence-electron chi connectivity index (χ4n) is 4.76. The fourth-order valence-corrected chi connectivity index (χ4v) is 4.76. The van der Waals surface area contributed by atoms with E-state index in [9.17, 15) is 19.2 Å². The number of anilines is 2. The lowest BCUT2D eigenvalue weighted by Gasteiger charge is -2.31. The summed E-state index contributed by atoms with van der Waals surface area (Å²) >= 11 is 0. The van der Waals surface area contributed by atoms with Crippen LogP contribution in [0.1, 0.15) is 36.2 Å². The van der Waals surface area contributed by atoms with E-state index in [1.807, 2.05) is 30.3 Å². The first-order chi connectivity index (χ1) is 17.5. The highest BCUT2D eigenvalue weighted by molar-refractivity contribution is 6.39. The van der Waals surface area contributed by atoms with Crippen LogP contribution in [0.2, 0.25) is 0 Å². The lowest BCUT2D eigenvalue weighted by Crippen LogP contribution is -2.43. The molecule has 9 heteroatoms. The molecule has 2 aromatic carbocycles. The molecule has 9 nitrogen and oxygen atoms in total. The van der Waals surface area contributed by atoms with Crippen molar-refractivity contribution in [3.63, 3.8) is 0 Å². The standard InChI is InChI=1S/C27H28N4O5/c32-24-9-4-12-31(24)21-7-3-6-20(16-21)29-26(34)25(33)28-17-18-10-13-30(14-11-18)27(35)23-15-19-5-1-2-8-22(19)36-23/h1-3,5-8,15-16,18H,4,9-14,17H2,(H,28,33)(H,29,34). The smallest absolute Gasteiger partial charge is 0.313 e. The molecular formula is C27H28N4O5. The van der Waals surface area contributed by atoms with Crippen molar-refractivity contribution < 1.29 is 23.6 Å². The van der Waals surface area contributed by atoms with E-state index in [1.54, 1.807) is 34.1 Å². The number of para-hydroxylation sites is 1. The summed E-state index contributed by atoms with van der Waals surface area (Å²) in [5, 5.41) is 6.21. The summed E-state index contributed by atoms with van der Waals surface area (Å²) in [6.07, 6.45) is 2.77. The Morgan fingerprint density at radius 1 is 0.944 bits per heavy atom. The Bertz CT molecular complexity index is 1280. The SMILES string of the molecule is O=C(NCC1CCN(C(=O)c2cc3ccccc3o2)CC1)C(=O)Nc1cccc(N2CCCC2=O)c1. The quantitative estimate of drug-likeness (QED) is 0.536. The van der Waals surface area contributed by atoms with E-state index in [2.05, 4.69) is 10.6 Å². The number of amides is 4. The molecule has 1 aromatic heterocycles. The highest BCUT2D eigenvalue weighted by Crippen LogP contribution is 2.25. The van der Waals surface area contributed by atoms with Gasteiger partial charge in [-0.15, -0.1) is 0 Å². The van der Waals surface area contributed by atoms with E-state index >= 15 is 0 Å². The van der Waals surface area contributed by atoms with Gasteiger partial charge in [-0.1, -0.05) is 24.3 Å². The molecule has 0 atom stereocenters. The predicted octanol–water partition coefficient (Wildman–Crippen LogP) is 3.17. The van der Waals surface area contributed by atoms with Crippen LogP contribution in [-0.4, -0.2) is 54.7 Å². The molecule has 186 valence electrons. The van der Waals surface area contributed by atoms with Gasteiger partial charge in [-0.2, -0.15) is 0 Å². The van der Waals surface area contributed by atoms with E-state index in [-0.39, 0.29) is 17.7 Å². The van der Waals surface area contributed by atoms with Gasteiger partial charge in [0.2, 0.25) is 5.91 Å². The Hall–Kier alpha value is -4.14. The Kier molecular flexibility index (Phi) is 6.71. The number of nitrogens with zero attached hydrogens (tertiary/aromatic N) is 2. The van der Waals surface area contributed by atoms with E-state index in [0.29, 0.717) is 55.3 Å². The first kappa shape index (κ1) is 23.6. The van der Waals surface area contributed by atoms with Gasteiger partial charge < -0.3 is 24.9 Å². The van der Waals surface area contributed by atoms with Crippen LogP contribution in [0.15, 0.2) is 59.0 Å². The monoisotopic (exact) mass is 488 g/mol. The predicted molar refractivity (Wildman–Crippen MR) is 135 cm³/mol. The largest absolute Gasteiger partial charge is 0.451 e. The maximum Gasteiger partial charge on any atom is 0.313 e. The summed E-state index contributed by atoms with van der Waals surface area (Å²) in [5.41, 5.74) is 1.86. The van der Waals surface area contributed by atoms with Gasteiger partial charge in [0.1, 0.15) is 5.58 Å². The molecule has 3 heterocycles. The molecule has 5 rings (SSSR count). The number of likely N-dealkylation sites (tertiary alicyclic amines) is 1. The number of carbonyl (C=O) groups is 4. The van der Waals surface area contributed by atoms with Crippen LogP contribution in [0.25, 0.3) is 11.0 Å². The molecule has 2 fully saturated rings. The van der Waals surface area contributed by atoms with Crippen LogP contribution in [0.3, 0.4) is 0 Å². The maximum atomic E-state index is 12.8. The number of furan rings is 1. The molecule has 2 saturated heterocycles. The maximum absolute atomic E-state index is 12.8. The lowest BCUT2D eigenvalue weighted by atomic mass is 9.96. The Labute approximate surface area is 208 Å². The third-order valence-electron chi connectivity index (χ3n) is 6.78. The summed E-state index contributed by atoms with van der Waals surface area (Å²) in [6.45, 7) is 2.13. The van der Waals surface area contributed by atoms with Crippen molar-refractivity contribution in [3.05, 3.63) is 60.4 Å². The van der Waals surface area contributed by atoms with Crippen molar-refractivity contribution in [2.75, 3.05) is 36.4 Å². The molecule has 0 saturated carbocycles. The zero-order chi connectivity index (χ0) is 25.1. The van der Waals surface area contributed by atoms with Crippen molar-refractivity contribution >= 4 is 46.0 Å². The van der Waals surface area contributed by atoms with Crippen LogP contribution in [0.5, 0.6) is 0 Å². The molecule has 4 amide bonds. The zero-order valence-corrected chi connectivity index (χ0v) is 19.9. The number of carbonyl (C=O) groups excluding carboxylic acids is 4. The number of hydrogen-bond acceptors (Lipinski definition) is 5. The molecule has 3 aromatic rings. The summed E-state index contributed by atoms with van der Waals surface area (Å²) in [4.78, 5) is 53.0. The van der Waals surface area contributed by atoms with Crippen molar-refractivity contribution in [3.8, 4) is 0 Å². The van der Waals surface area contributed by atoms with Crippen molar-refractivity contribution in [1.82, 2.24) is 10.2 Å². The number of benzene rings is 2. The number of rotatable bonds is 5. The molecule has 0 aliphatic carbocycles. The topological polar surface area (TPSA) is 112 Å². The van der Waals surface area contributed by atoms with Crippen molar-refractivity contribution in [2.24, 2.45) is 5.92 Å². The molecule has 0 unspecified atom stereocenters. The molecule has 0 spiro atoms. The van der Waals surface area contributed by atoms with Crippen LogP contribution >= 0.6 is 0 Å². The van der Waals surface area contributed by atoms with Gasteiger partial charge in [-0.25, -0.2) is 0 Å². The molecule has 0 radical (unpaired) electrons. The second-order valence-corrected chi connectivity index (χ2v) is 9.25. The van der Waals surface area contributed by atoms with E-state index in [4.69, 9.17) is 4.42 Å². The summed E-state index contributed by atoms with van der Waals surface area (Å²) in [5.74, 6) is -1.04. The Morgan fingerprint density at radius 2 is 1.75 bits per heavy atom. The minimum absolute atomic E-state index is 0.0570. The van der Waals surface area contributed by atoms with Crippen LogP contribution in [0, 0.1) is 5.92 Å². The first-order valence-electron chi connectivity index (χ1n) is 12.3. The average Bonchev–Trinajstić information content (AvgIpc) is 3.53. The molecule has 2 aliphatic heterocycles. The Morgan fingerprint density at radius 3 is 2.50 bits per heavy atom. The van der Waals surface area contributed by atoms with Gasteiger partial charge >= 0.3 is 11.8 Å². The average molecular weight is 489 g/mol. The molecule has 2 N–H and O–H groups in total. The lowest BCUT2D eigenvalue weighted by molar-refractivity contribution is -0.136. The van der Waals surface area contributed by atoms with Gasteiger partial charge in [0.05, 0.1) is 0 Å². The highest BCUT2D eigenvalue weighted by Gasteiger charge is 2.27. The van der Waals surface area contributed by atoms with Gasteiger partial charge in [0.15, 0.2) is 5.76 Å². The number of nitrogens with one attached hydrogen (secondary N) is 2. The van der Waals surface area contributed by atoms with Gasteiger partial charge in [-0.3, -0.25) is 19.2 Å². The van der Waals surface area contributed by atoms with Crippen LogP contribution < -0.4 is 15.5 Å². The summed E-state index contributed by atoms with van der Waals surface area (Å²) in [7, 11) is 0. The molecular weight excluding hydrogens is 460 g/mol. The normalized spacial score (nSPS) is 16.4. The second kappa shape index (κ2) is 10.2. The third-order valence-corrected chi connectivity index (χ3v) is 6.78. The fraction of sp³-hybridized carbons (Fsp3) is 0.333. The van der Waals surface area contributed by atoms with E-state index in [0.717, 1.165) is 24.6 Å². The van der Waals surface area contributed by atoms with Gasteiger partial charge in [-0.05, 0) is 55.5 Å². The van der Waals surface area contributed by atoms with Crippen LogP contribution in [0.4, 0.5) is 11.4 Å². The molecule has 36 heavy (non-hydrogen) atoms. The number of hydrogen-bond donors (Lipinski definition) is 2. The van der Waals surface area contributed by atoms with Crippen molar-refractivity contribution in [1.29, 1.82) is 0 Å². The molecule has 0 bridgehead atoms. The van der Waals surface area contributed by atoms with E-state index in [1.165, 1.54) is 0 Å².